The topological polar surface area (TPSA) is 145 Å². The minimum Gasteiger partial charge on any atom is -0.388 e. The van der Waals surface area contributed by atoms with Gasteiger partial charge in [-0.2, -0.15) is 13.1 Å². The number of rotatable bonds is 4. The van der Waals surface area contributed by atoms with E-state index in [9.17, 15) is 16.8 Å². The zero-order chi connectivity index (χ0) is 61.2. The second-order valence-electron chi connectivity index (χ2n) is 19.2. The van der Waals surface area contributed by atoms with Crippen LogP contribution < -0.4 is 4.72 Å². The Balaban J connectivity index is 0.000000202. The molecule has 14 heteroatoms. The molecule has 0 radical (unpaired) electrons. The fourth-order valence-corrected chi connectivity index (χ4v) is 13.6. The summed E-state index contributed by atoms with van der Waals surface area (Å²) in [5, 5.41) is 0. The molecule has 0 unspecified atom stereocenters. The first-order chi connectivity index (χ1) is 40.7. The number of ether oxygens (including phenoxy) is 6. The maximum atomic E-state index is 12.7. The molecule has 442 valence electrons. The summed E-state index contributed by atoms with van der Waals surface area (Å²) in [4.78, 5) is 0.570. The van der Waals surface area contributed by atoms with Crippen molar-refractivity contribution in [2.75, 3.05) is 85.3 Å². The summed E-state index contributed by atoms with van der Waals surface area (Å²) in [5.41, 5.74) is 11.7. The molecule has 0 atom stereocenters. The van der Waals surface area contributed by atoms with E-state index in [-0.39, 0.29) is 4.90 Å². The Morgan fingerprint density at radius 2 is 0.548 bits per heavy atom. The fourth-order valence-electron chi connectivity index (χ4n) is 10.6. The van der Waals surface area contributed by atoms with Crippen LogP contribution in [-0.4, -0.2) is 102 Å². The molecule has 2 bridgehead atoms. The Bertz CT molecular complexity index is 3170. The molecule has 12 nitrogen and oxygen atoms in total. The summed E-state index contributed by atoms with van der Waals surface area (Å²) in [6, 6.07) is 79.3. The molecular formula is C70H79NO11S2. The quantitative estimate of drug-likeness (QED) is 0.168. The van der Waals surface area contributed by atoms with E-state index in [0.29, 0.717) is 22.3 Å². The highest BCUT2D eigenvalue weighted by Crippen LogP contribution is 2.55. The van der Waals surface area contributed by atoms with Gasteiger partial charge >= 0.3 is 0 Å². The average molecular weight is 1170 g/mol. The molecule has 0 saturated heterocycles. The van der Waals surface area contributed by atoms with Gasteiger partial charge in [-0.15, -0.1) is 0 Å². The molecule has 0 aromatic heterocycles. The predicted octanol–water partition coefficient (Wildman–Crippen LogP) is 13.2. The van der Waals surface area contributed by atoms with Crippen molar-refractivity contribution in [2.24, 2.45) is 0 Å². The van der Waals surface area contributed by atoms with Crippen molar-refractivity contribution in [1.82, 2.24) is 4.72 Å². The molecule has 0 fully saturated rings. The van der Waals surface area contributed by atoms with E-state index in [1.54, 1.807) is 110 Å². The number of fused-ring (bicyclic) bond motifs is 2. The lowest BCUT2D eigenvalue weighted by Gasteiger charge is -2.42. The van der Waals surface area contributed by atoms with Crippen molar-refractivity contribution >= 4 is 20.1 Å². The largest absolute Gasteiger partial charge is 0.388 e. The number of nitrogens with one attached hydrogen (secondary N) is 1. The van der Waals surface area contributed by atoms with Gasteiger partial charge in [0.15, 0.2) is 5.60 Å². The highest BCUT2D eigenvalue weighted by molar-refractivity contribution is 7.90. The predicted molar refractivity (Wildman–Crippen MR) is 336 cm³/mol. The maximum absolute atomic E-state index is 12.7. The van der Waals surface area contributed by atoms with Gasteiger partial charge in [0, 0.05) is 108 Å². The molecule has 2 heterocycles. The molecule has 9 aromatic carbocycles. The van der Waals surface area contributed by atoms with Gasteiger partial charge in [0.2, 0.25) is 10.0 Å². The number of hydrogen-bond acceptors (Lipinski definition) is 11. The van der Waals surface area contributed by atoms with E-state index in [1.165, 1.54) is 33.4 Å². The highest BCUT2D eigenvalue weighted by Gasteiger charge is 2.51. The van der Waals surface area contributed by atoms with Gasteiger partial charge < -0.3 is 28.4 Å². The van der Waals surface area contributed by atoms with Gasteiger partial charge in [-0.05, 0) is 67.8 Å². The van der Waals surface area contributed by atoms with Crippen LogP contribution in [0.25, 0.3) is 0 Å². The van der Waals surface area contributed by atoms with E-state index < -0.39 is 31.3 Å². The molecule has 9 aromatic rings. The Morgan fingerprint density at radius 1 is 0.310 bits per heavy atom. The van der Waals surface area contributed by atoms with Crippen molar-refractivity contribution in [2.45, 2.75) is 32.8 Å². The van der Waals surface area contributed by atoms with E-state index in [0.717, 1.165) is 27.8 Å². The minimum atomic E-state index is -3.81. The van der Waals surface area contributed by atoms with Crippen molar-refractivity contribution in [1.29, 1.82) is 0 Å². The maximum Gasteiger partial charge on any atom is 0.298 e. The molecule has 2 aliphatic heterocycles. The monoisotopic (exact) mass is 1170 g/mol. The van der Waals surface area contributed by atoms with Crippen LogP contribution in [0.15, 0.2) is 252 Å². The average Bonchev–Trinajstić information content (AvgIpc) is 1.53. The highest BCUT2D eigenvalue weighted by atomic mass is 32.2. The van der Waals surface area contributed by atoms with Crippen LogP contribution in [0.2, 0.25) is 0 Å². The molecule has 1 N–H and O–H groups in total. The molecule has 0 saturated carbocycles. The van der Waals surface area contributed by atoms with Crippen LogP contribution in [0.1, 0.15) is 78.6 Å². The first kappa shape index (κ1) is 67.4. The minimum absolute atomic E-state index is 0.229. The van der Waals surface area contributed by atoms with E-state index in [2.05, 4.69) is 106 Å². The zero-order valence-corrected chi connectivity index (χ0v) is 51.7. The first-order valence-electron chi connectivity index (χ1n) is 26.8. The Kier molecular flexibility index (Phi) is 26.6. The van der Waals surface area contributed by atoms with Crippen molar-refractivity contribution in [3.8, 4) is 0 Å². The van der Waals surface area contributed by atoms with Crippen LogP contribution in [0.4, 0.5) is 0 Å². The number of sulfonamides is 1. The van der Waals surface area contributed by atoms with Crippen molar-refractivity contribution in [3.05, 3.63) is 309 Å². The van der Waals surface area contributed by atoms with Crippen LogP contribution >= 0.6 is 0 Å². The van der Waals surface area contributed by atoms with Crippen LogP contribution in [0.5, 0.6) is 0 Å². The fraction of sp³-hybridized carbons (Fsp3) is 0.229. The summed E-state index contributed by atoms with van der Waals surface area (Å²) in [6.07, 6.45) is 0. The zero-order valence-electron chi connectivity index (χ0n) is 50.1. The Labute approximate surface area is 499 Å². The summed E-state index contributed by atoms with van der Waals surface area (Å²) in [6.45, 7) is 0. The summed E-state index contributed by atoms with van der Waals surface area (Å²) < 4.78 is 84.8. The summed E-state index contributed by atoms with van der Waals surface area (Å²) in [5.74, 6) is 0.840. The molecule has 14 rings (SSSR count). The molecule has 3 aliphatic carbocycles. The van der Waals surface area contributed by atoms with Gasteiger partial charge in [-0.3, -0.25) is 0 Å². The lowest BCUT2D eigenvalue weighted by molar-refractivity contribution is 0.180. The second-order valence-corrected chi connectivity index (χ2v) is 22.4. The van der Waals surface area contributed by atoms with Gasteiger partial charge in [-0.25, -0.2) is 12.6 Å². The third-order valence-corrected chi connectivity index (χ3v) is 16.1. The third kappa shape index (κ3) is 15.1. The van der Waals surface area contributed by atoms with Crippen LogP contribution in [0, 0.1) is 0 Å². The third-order valence-electron chi connectivity index (χ3n) is 13.3. The molecule has 0 amide bonds. The number of hydrogen-bond donors (Lipinski definition) is 1. The number of benzene rings is 9. The summed E-state index contributed by atoms with van der Waals surface area (Å²) >= 11 is 0. The van der Waals surface area contributed by atoms with E-state index >= 15 is 0 Å². The van der Waals surface area contributed by atoms with E-state index in [1.807, 2.05) is 146 Å². The number of methoxy groups -OCH3 is 6. The van der Waals surface area contributed by atoms with Crippen LogP contribution in [-0.2, 0) is 63.9 Å². The van der Waals surface area contributed by atoms with Gasteiger partial charge in [0.05, 0.1) is 4.90 Å². The Hall–Kier alpha value is -7.44. The second kappa shape index (κ2) is 33.2. The van der Waals surface area contributed by atoms with Crippen molar-refractivity contribution < 1.29 is 49.4 Å². The smallest absolute Gasteiger partial charge is 0.298 e. The standard InChI is InChI=1S/C20H14.C19H15NO2S.C19H14O3S.6C2H6O/c1-2-8-14-13(7-1)19-15-9-3-5-11-17(15)20(14)18-12-6-4-10-16(18)19;21-23(22)18-14-8-7-13-17(18)19(20-23,15-9-3-1-4-10-15)16-11-5-2-6-12-16;20-23(21)18-14-8-7-13-17(18)19(22-23,15-9-3-1-4-10-15)16-11-5-2-6-12-16;6*1-3-2/h1-12,19-20H;1-14,20H;1-14H;6*1-2H3. The van der Waals surface area contributed by atoms with Gasteiger partial charge in [-0.1, -0.05) is 231 Å². The molecule has 5 aliphatic rings. The molecular weight excluding hydrogens is 1090 g/mol. The lowest BCUT2D eigenvalue weighted by Crippen LogP contribution is -2.41. The van der Waals surface area contributed by atoms with Gasteiger partial charge in [0.25, 0.3) is 10.1 Å². The lowest BCUT2D eigenvalue weighted by atomic mass is 9.61. The normalized spacial score (nSPS) is 15.9. The van der Waals surface area contributed by atoms with E-state index in [4.69, 9.17) is 4.18 Å². The first-order valence-corrected chi connectivity index (χ1v) is 29.7. The van der Waals surface area contributed by atoms with Crippen LogP contribution in [0.3, 0.4) is 0 Å². The Morgan fingerprint density at radius 3 is 0.857 bits per heavy atom. The molecule has 0 spiro atoms. The van der Waals surface area contributed by atoms with Crippen molar-refractivity contribution in [3.63, 3.8) is 0 Å². The molecule has 84 heavy (non-hydrogen) atoms. The SMILES string of the molecule is COC.COC.COC.COC.COC.COC.O=S1(=O)NC(c2ccccc2)(c2ccccc2)c2ccccc21.O=S1(=O)OC(c2ccccc2)(c2ccccc2)c2ccccc21.c1ccc2c(c1)C1c3ccccc3C2c2ccccc21. The van der Waals surface area contributed by atoms with Gasteiger partial charge in [0.1, 0.15) is 10.4 Å². The summed E-state index contributed by atoms with van der Waals surface area (Å²) in [7, 11) is 12.1.